The third kappa shape index (κ3) is 3.83. The third-order valence-corrected chi connectivity index (χ3v) is 2.94. The van der Waals surface area contributed by atoms with E-state index in [9.17, 15) is 9.90 Å². The van der Waals surface area contributed by atoms with Crippen LogP contribution in [-0.4, -0.2) is 22.8 Å². The molecular formula is C11H15NO2S. The number of phenolic OH excluding ortho intramolecular Hbond substituents is 1. The van der Waals surface area contributed by atoms with Gasteiger partial charge >= 0.3 is 0 Å². The number of rotatable bonds is 4. The molecule has 1 unspecified atom stereocenters. The summed E-state index contributed by atoms with van der Waals surface area (Å²) >= 11 is 1.43. The molecule has 0 saturated carbocycles. The minimum Gasteiger partial charge on any atom is -0.508 e. The van der Waals surface area contributed by atoms with Crippen molar-refractivity contribution in [1.29, 1.82) is 0 Å². The van der Waals surface area contributed by atoms with Crippen molar-refractivity contribution >= 4 is 17.7 Å². The molecule has 82 valence electrons. The number of phenols is 1. The fourth-order valence-corrected chi connectivity index (χ4v) is 2.08. The van der Waals surface area contributed by atoms with Crippen molar-refractivity contribution in [2.75, 3.05) is 6.54 Å². The average molecular weight is 225 g/mol. The van der Waals surface area contributed by atoms with Gasteiger partial charge in [0.2, 0.25) is 5.91 Å². The summed E-state index contributed by atoms with van der Waals surface area (Å²) in [6, 6.07) is 6.91. The number of benzene rings is 1. The van der Waals surface area contributed by atoms with Crippen LogP contribution in [0.25, 0.3) is 0 Å². The van der Waals surface area contributed by atoms with E-state index in [1.165, 1.54) is 11.8 Å². The van der Waals surface area contributed by atoms with Gasteiger partial charge in [0.1, 0.15) is 5.75 Å². The van der Waals surface area contributed by atoms with Gasteiger partial charge in [-0.3, -0.25) is 4.79 Å². The van der Waals surface area contributed by atoms with Gasteiger partial charge in [0.05, 0.1) is 5.25 Å². The molecule has 0 heterocycles. The quantitative estimate of drug-likeness (QED) is 0.771. The summed E-state index contributed by atoms with van der Waals surface area (Å²) in [6.07, 6.45) is 0. The number of amides is 1. The highest BCUT2D eigenvalue weighted by atomic mass is 32.2. The van der Waals surface area contributed by atoms with E-state index in [2.05, 4.69) is 5.32 Å². The largest absolute Gasteiger partial charge is 0.508 e. The normalized spacial score (nSPS) is 12.1. The van der Waals surface area contributed by atoms with Crippen LogP contribution in [0.5, 0.6) is 5.75 Å². The van der Waals surface area contributed by atoms with Crippen LogP contribution in [0.2, 0.25) is 0 Å². The number of carbonyl (C=O) groups is 1. The van der Waals surface area contributed by atoms with E-state index >= 15 is 0 Å². The summed E-state index contributed by atoms with van der Waals surface area (Å²) < 4.78 is 0. The molecule has 1 amide bonds. The number of nitrogens with one attached hydrogen (secondary N) is 1. The molecule has 1 atom stereocenters. The standard InChI is InChI=1S/C11H15NO2S/c1-3-12-11(14)8(2)15-10-6-4-5-9(13)7-10/h4-8,13H,3H2,1-2H3,(H,12,14). The van der Waals surface area contributed by atoms with Crippen LogP contribution in [-0.2, 0) is 4.79 Å². The predicted octanol–water partition coefficient (Wildman–Crippen LogP) is 2.01. The lowest BCUT2D eigenvalue weighted by molar-refractivity contribution is -0.120. The van der Waals surface area contributed by atoms with Gasteiger partial charge in [-0.1, -0.05) is 6.07 Å². The van der Waals surface area contributed by atoms with Gasteiger partial charge < -0.3 is 10.4 Å². The van der Waals surface area contributed by atoms with Crippen molar-refractivity contribution in [3.63, 3.8) is 0 Å². The molecule has 0 aliphatic carbocycles. The first-order chi connectivity index (χ1) is 7.13. The monoisotopic (exact) mass is 225 g/mol. The Morgan fingerprint density at radius 2 is 2.33 bits per heavy atom. The van der Waals surface area contributed by atoms with E-state index < -0.39 is 0 Å². The highest BCUT2D eigenvalue weighted by Gasteiger charge is 2.12. The zero-order valence-corrected chi connectivity index (χ0v) is 9.67. The molecule has 0 saturated heterocycles. The lowest BCUT2D eigenvalue weighted by atomic mass is 10.3. The lowest BCUT2D eigenvalue weighted by Crippen LogP contribution is -2.30. The van der Waals surface area contributed by atoms with Crippen LogP contribution < -0.4 is 5.32 Å². The first-order valence-electron chi connectivity index (χ1n) is 4.87. The molecule has 4 heteroatoms. The van der Waals surface area contributed by atoms with Gasteiger partial charge in [-0.05, 0) is 32.0 Å². The summed E-state index contributed by atoms with van der Waals surface area (Å²) in [4.78, 5) is 12.3. The van der Waals surface area contributed by atoms with Crippen LogP contribution in [0.3, 0.4) is 0 Å². The summed E-state index contributed by atoms with van der Waals surface area (Å²) in [5, 5.41) is 11.9. The number of thioether (sulfide) groups is 1. The second kappa shape index (κ2) is 5.66. The fraction of sp³-hybridized carbons (Fsp3) is 0.364. The zero-order valence-electron chi connectivity index (χ0n) is 8.86. The third-order valence-electron chi connectivity index (χ3n) is 1.85. The predicted molar refractivity (Wildman–Crippen MR) is 62.1 cm³/mol. The highest BCUT2D eigenvalue weighted by Crippen LogP contribution is 2.25. The molecule has 1 aromatic rings. The Labute approximate surface area is 93.9 Å². The van der Waals surface area contributed by atoms with Crippen LogP contribution in [0, 0.1) is 0 Å². The minimum atomic E-state index is -0.147. The smallest absolute Gasteiger partial charge is 0.233 e. The second-order valence-electron chi connectivity index (χ2n) is 3.15. The Morgan fingerprint density at radius 3 is 2.93 bits per heavy atom. The van der Waals surface area contributed by atoms with Gasteiger partial charge in [0.25, 0.3) is 0 Å². The number of hydrogen-bond acceptors (Lipinski definition) is 3. The molecule has 0 aromatic heterocycles. The van der Waals surface area contributed by atoms with E-state index in [1.807, 2.05) is 19.9 Å². The number of carbonyl (C=O) groups excluding carboxylic acids is 1. The fourth-order valence-electron chi connectivity index (χ4n) is 1.13. The van der Waals surface area contributed by atoms with Gasteiger partial charge in [0.15, 0.2) is 0 Å². The van der Waals surface area contributed by atoms with Crippen molar-refractivity contribution in [1.82, 2.24) is 5.32 Å². The number of hydrogen-bond donors (Lipinski definition) is 2. The number of aromatic hydroxyl groups is 1. The van der Waals surface area contributed by atoms with Gasteiger partial charge in [0, 0.05) is 11.4 Å². The van der Waals surface area contributed by atoms with Crippen LogP contribution in [0.15, 0.2) is 29.2 Å². The van der Waals surface area contributed by atoms with Crippen molar-refractivity contribution < 1.29 is 9.90 Å². The zero-order chi connectivity index (χ0) is 11.3. The van der Waals surface area contributed by atoms with Gasteiger partial charge in [-0.15, -0.1) is 11.8 Å². The first-order valence-corrected chi connectivity index (χ1v) is 5.75. The van der Waals surface area contributed by atoms with Crippen molar-refractivity contribution in [3.8, 4) is 5.75 Å². The maximum absolute atomic E-state index is 11.4. The average Bonchev–Trinajstić information content (AvgIpc) is 2.18. The van der Waals surface area contributed by atoms with Crippen LogP contribution in [0.4, 0.5) is 0 Å². The molecule has 1 rings (SSSR count). The van der Waals surface area contributed by atoms with E-state index in [1.54, 1.807) is 18.2 Å². The van der Waals surface area contributed by atoms with E-state index in [0.29, 0.717) is 6.54 Å². The Balaban J connectivity index is 2.58. The molecule has 0 fully saturated rings. The van der Waals surface area contributed by atoms with Crippen molar-refractivity contribution in [2.24, 2.45) is 0 Å². The first kappa shape index (κ1) is 11.9. The summed E-state index contributed by atoms with van der Waals surface area (Å²) in [7, 11) is 0. The molecule has 15 heavy (non-hydrogen) atoms. The highest BCUT2D eigenvalue weighted by molar-refractivity contribution is 8.00. The molecule has 0 aliphatic rings. The Hall–Kier alpha value is -1.16. The molecule has 3 nitrogen and oxygen atoms in total. The van der Waals surface area contributed by atoms with E-state index in [4.69, 9.17) is 0 Å². The molecule has 2 N–H and O–H groups in total. The SMILES string of the molecule is CCNC(=O)C(C)Sc1cccc(O)c1. The maximum Gasteiger partial charge on any atom is 0.233 e. The maximum atomic E-state index is 11.4. The van der Waals surface area contributed by atoms with Crippen LogP contribution >= 0.6 is 11.8 Å². The molecular weight excluding hydrogens is 210 g/mol. The Kier molecular flexibility index (Phi) is 4.49. The molecule has 0 radical (unpaired) electrons. The Bertz CT molecular complexity index is 341. The molecule has 0 aliphatic heterocycles. The molecule has 0 spiro atoms. The summed E-state index contributed by atoms with van der Waals surface area (Å²) in [5.41, 5.74) is 0. The second-order valence-corrected chi connectivity index (χ2v) is 4.57. The van der Waals surface area contributed by atoms with Gasteiger partial charge in [-0.2, -0.15) is 0 Å². The Morgan fingerprint density at radius 1 is 1.60 bits per heavy atom. The molecule has 0 bridgehead atoms. The van der Waals surface area contributed by atoms with Gasteiger partial charge in [-0.25, -0.2) is 0 Å². The minimum absolute atomic E-state index is 0.0193. The van der Waals surface area contributed by atoms with E-state index in [-0.39, 0.29) is 16.9 Å². The molecule has 1 aromatic carbocycles. The van der Waals surface area contributed by atoms with Crippen molar-refractivity contribution in [3.05, 3.63) is 24.3 Å². The lowest BCUT2D eigenvalue weighted by Gasteiger charge is -2.10. The van der Waals surface area contributed by atoms with E-state index in [0.717, 1.165) is 4.90 Å². The topological polar surface area (TPSA) is 49.3 Å². The summed E-state index contributed by atoms with van der Waals surface area (Å²) in [5.74, 6) is 0.244. The van der Waals surface area contributed by atoms with Crippen LogP contribution in [0.1, 0.15) is 13.8 Å². The summed E-state index contributed by atoms with van der Waals surface area (Å²) in [6.45, 7) is 4.38. The van der Waals surface area contributed by atoms with Crippen molar-refractivity contribution in [2.45, 2.75) is 24.0 Å².